The van der Waals surface area contributed by atoms with E-state index in [9.17, 15) is 39.6 Å². The van der Waals surface area contributed by atoms with Gasteiger partial charge in [0.15, 0.2) is 0 Å². The number of nitrogens with one attached hydrogen (secondary N) is 4. The van der Waals surface area contributed by atoms with Gasteiger partial charge in [-0.25, -0.2) is 0 Å². The molecule has 0 aromatic carbocycles. The molecule has 168 valence electrons. The van der Waals surface area contributed by atoms with Crippen molar-refractivity contribution in [1.82, 2.24) is 40.8 Å². The van der Waals surface area contributed by atoms with Crippen molar-refractivity contribution in [2.45, 2.75) is 0 Å². The molecule has 4 rings (SSSR count). The van der Waals surface area contributed by atoms with Crippen molar-refractivity contribution in [3.8, 4) is 0 Å². The Hall–Kier alpha value is -4.40. The first-order chi connectivity index (χ1) is 15.2. The fraction of sp³-hybridized carbons (Fsp3) is 0. The van der Waals surface area contributed by atoms with Crippen LogP contribution in [-0.2, 0) is 26.2 Å². The standard InChI is InChI=1S/4C4H4N2O2.Zr/c4*7-4(8)3-1-2-5-6-3;/h4*1-2H,(H,5,6)(H,7,8);/q;;;;+4/p-4. The van der Waals surface area contributed by atoms with Crippen LogP contribution in [0.1, 0.15) is 42.0 Å². The molecule has 0 atom stereocenters. The fourth-order valence-corrected chi connectivity index (χ4v) is 1.48. The van der Waals surface area contributed by atoms with Crippen LogP contribution in [0.15, 0.2) is 49.1 Å². The maximum Gasteiger partial charge on any atom is 4.00 e. The summed E-state index contributed by atoms with van der Waals surface area (Å²) in [6.07, 6.45) is 5.41. The van der Waals surface area contributed by atoms with Gasteiger partial charge in [0, 0.05) is 24.8 Å². The van der Waals surface area contributed by atoms with Gasteiger partial charge in [0.1, 0.15) is 0 Å². The molecule has 0 fully saturated rings. The second-order valence-electron chi connectivity index (χ2n) is 5.03. The number of hydrogen-bond donors (Lipinski definition) is 4. The van der Waals surface area contributed by atoms with Crippen molar-refractivity contribution in [2.75, 3.05) is 0 Å². The number of carboxylic acid groups (broad SMARTS) is 4. The Morgan fingerprint density at radius 3 is 0.727 bits per heavy atom. The Balaban J connectivity index is 0.000000410. The summed E-state index contributed by atoms with van der Waals surface area (Å²) >= 11 is 0. The molecule has 0 aliphatic rings. The van der Waals surface area contributed by atoms with Crippen LogP contribution in [0.2, 0.25) is 0 Å². The van der Waals surface area contributed by atoms with Crippen molar-refractivity contribution >= 4 is 23.9 Å². The van der Waals surface area contributed by atoms with Crippen LogP contribution in [0.3, 0.4) is 0 Å². The maximum atomic E-state index is 9.88. The molecule has 0 spiro atoms. The van der Waals surface area contributed by atoms with E-state index in [1.807, 2.05) is 0 Å². The summed E-state index contributed by atoms with van der Waals surface area (Å²) in [5.74, 6) is -4.94. The van der Waals surface area contributed by atoms with Gasteiger partial charge in [-0.1, -0.05) is 0 Å². The number of carbonyl (C=O) groups is 4. The van der Waals surface area contributed by atoms with Gasteiger partial charge in [0.05, 0.1) is 46.7 Å². The number of rotatable bonds is 4. The Bertz CT molecular complexity index is 903. The Labute approximate surface area is 202 Å². The first-order valence-corrected chi connectivity index (χ1v) is 8.05. The Kier molecular flexibility index (Phi) is 13.4. The molecule has 0 saturated heterocycles. The minimum absolute atomic E-state index is 0. The van der Waals surface area contributed by atoms with Crippen LogP contribution in [0.4, 0.5) is 0 Å². The Morgan fingerprint density at radius 1 is 0.485 bits per heavy atom. The van der Waals surface area contributed by atoms with Crippen molar-refractivity contribution in [2.24, 2.45) is 0 Å². The topological polar surface area (TPSA) is 275 Å². The SMILES string of the molecule is O=C([O-])c1ccn[nH]1.O=C([O-])c1ccn[nH]1.O=C([O-])c1ccn[nH]1.O=C([O-])c1ccn[nH]1.[Zr+4]. The summed E-state index contributed by atoms with van der Waals surface area (Å²) in [4.78, 5) is 39.5. The third-order valence-electron chi connectivity index (χ3n) is 2.88. The van der Waals surface area contributed by atoms with Gasteiger partial charge in [-0.05, 0) is 24.3 Å². The number of aromatic carboxylic acids is 4. The van der Waals surface area contributed by atoms with Crippen molar-refractivity contribution < 1.29 is 65.8 Å². The summed E-state index contributed by atoms with van der Waals surface area (Å²) in [6, 6.07) is 5.31. The maximum absolute atomic E-state index is 9.88. The molecule has 4 aromatic heterocycles. The number of H-pyrrole nitrogens is 4. The number of aromatic amines is 4. The van der Waals surface area contributed by atoms with Crippen LogP contribution in [0.25, 0.3) is 0 Å². The van der Waals surface area contributed by atoms with Gasteiger partial charge >= 0.3 is 26.2 Å². The smallest absolute Gasteiger partial charge is 0.543 e. The van der Waals surface area contributed by atoms with Crippen molar-refractivity contribution in [3.63, 3.8) is 0 Å². The molecule has 0 unspecified atom stereocenters. The molecule has 4 aromatic rings. The number of hydrogen-bond acceptors (Lipinski definition) is 12. The number of carboxylic acids is 4. The molecular weight excluding hydrogens is 523 g/mol. The van der Waals surface area contributed by atoms with E-state index >= 15 is 0 Å². The zero-order valence-corrected chi connectivity index (χ0v) is 18.6. The summed E-state index contributed by atoms with van der Waals surface area (Å²) in [5.41, 5.74) is 0.0185. The third-order valence-corrected chi connectivity index (χ3v) is 2.88. The molecule has 33 heavy (non-hydrogen) atoms. The molecule has 4 heterocycles. The first-order valence-electron chi connectivity index (χ1n) is 8.05. The monoisotopic (exact) mass is 534 g/mol. The van der Waals surface area contributed by atoms with Gasteiger partial charge in [-0.3, -0.25) is 20.4 Å². The number of nitrogens with zero attached hydrogens (tertiary/aromatic N) is 4. The summed E-state index contributed by atoms with van der Waals surface area (Å²) in [6.45, 7) is 0. The van der Waals surface area contributed by atoms with E-state index in [0.717, 1.165) is 0 Å². The summed E-state index contributed by atoms with van der Waals surface area (Å²) in [7, 11) is 0. The van der Waals surface area contributed by atoms with Crippen molar-refractivity contribution in [1.29, 1.82) is 0 Å². The molecule has 17 heteroatoms. The van der Waals surface area contributed by atoms with E-state index in [1.54, 1.807) is 0 Å². The minimum atomic E-state index is -1.23. The zero-order chi connectivity index (χ0) is 23.9. The number of carbonyl (C=O) groups excluding carboxylic acids is 4. The predicted molar refractivity (Wildman–Crippen MR) is 91.7 cm³/mol. The van der Waals surface area contributed by atoms with E-state index in [4.69, 9.17) is 0 Å². The molecule has 0 amide bonds. The fourth-order valence-electron chi connectivity index (χ4n) is 1.48. The van der Waals surface area contributed by atoms with E-state index in [1.165, 1.54) is 49.1 Å². The van der Waals surface area contributed by atoms with Gasteiger partial charge in [-0.2, -0.15) is 20.4 Å². The molecule has 4 N–H and O–H groups in total. The molecule has 0 bridgehead atoms. The van der Waals surface area contributed by atoms with E-state index in [2.05, 4.69) is 40.8 Å². The van der Waals surface area contributed by atoms with Crippen LogP contribution in [0.5, 0.6) is 0 Å². The van der Waals surface area contributed by atoms with E-state index < -0.39 is 23.9 Å². The van der Waals surface area contributed by atoms with Crippen LogP contribution >= 0.6 is 0 Å². The van der Waals surface area contributed by atoms with Crippen LogP contribution in [-0.4, -0.2) is 64.7 Å². The first kappa shape index (κ1) is 28.6. The van der Waals surface area contributed by atoms with Crippen LogP contribution in [0, 0.1) is 0 Å². The second-order valence-corrected chi connectivity index (χ2v) is 5.03. The summed E-state index contributed by atoms with van der Waals surface area (Å²) < 4.78 is 0. The summed E-state index contributed by atoms with van der Waals surface area (Å²) in [5, 5.41) is 62.0. The third kappa shape index (κ3) is 11.5. The normalized spacial score (nSPS) is 8.73. The van der Waals surface area contributed by atoms with Crippen molar-refractivity contribution in [3.05, 3.63) is 71.8 Å². The van der Waals surface area contributed by atoms with E-state index in [0.29, 0.717) is 0 Å². The molecule has 0 saturated carbocycles. The van der Waals surface area contributed by atoms with E-state index in [-0.39, 0.29) is 49.0 Å². The van der Waals surface area contributed by atoms with Crippen LogP contribution < -0.4 is 20.4 Å². The average molecular weight is 536 g/mol. The molecule has 0 radical (unpaired) electrons. The molecule has 0 aliphatic heterocycles. The average Bonchev–Trinajstić information content (AvgIpc) is 3.56. The quantitative estimate of drug-likeness (QED) is 0.191. The Morgan fingerprint density at radius 2 is 0.667 bits per heavy atom. The molecule has 16 nitrogen and oxygen atoms in total. The van der Waals surface area contributed by atoms with Gasteiger partial charge < -0.3 is 39.6 Å². The molecule has 0 aliphatic carbocycles. The van der Waals surface area contributed by atoms with Gasteiger partial charge in [0.25, 0.3) is 0 Å². The van der Waals surface area contributed by atoms with Gasteiger partial charge in [0.2, 0.25) is 0 Å². The zero-order valence-electron chi connectivity index (χ0n) is 16.2. The second kappa shape index (κ2) is 15.4. The minimum Gasteiger partial charge on any atom is -0.543 e. The number of aromatic nitrogens is 8. The van der Waals surface area contributed by atoms with Gasteiger partial charge in [-0.15, -0.1) is 0 Å². The largest absolute Gasteiger partial charge is 4.00 e. The molecular formula is C16H12N8O8Zr. The predicted octanol–water partition coefficient (Wildman–Crippen LogP) is -4.91.